The molecule has 2 aromatic carbocycles. The number of amides is 2. The zero-order valence-corrected chi connectivity index (χ0v) is 20.7. The van der Waals surface area contributed by atoms with Crippen molar-refractivity contribution in [2.24, 2.45) is 0 Å². The van der Waals surface area contributed by atoms with E-state index in [2.05, 4.69) is 27.0 Å². The third kappa shape index (κ3) is 6.32. The molecule has 184 valence electrons. The molecule has 0 spiro atoms. The fourth-order valence-electron chi connectivity index (χ4n) is 3.93. The minimum absolute atomic E-state index is 0.0426. The molecule has 0 unspecified atom stereocenters. The zero-order valence-electron chi connectivity index (χ0n) is 19.9. The van der Waals surface area contributed by atoms with Crippen LogP contribution in [0.4, 0.5) is 5.69 Å². The summed E-state index contributed by atoms with van der Waals surface area (Å²) in [5.41, 5.74) is 2.40. The Morgan fingerprint density at radius 1 is 0.943 bits per heavy atom. The molecular formula is C26H29N3O5S. The van der Waals surface area contributed by atoms with Crippen LogP contribution in [-0.2, 0) is 11.3 Å². The highest BCUT2D eigenvalue weighted by Crippen LogP contribution is 2.29. The second-order valence-corrected chi connectivity index (χ2v) is 8.88. The number of hydrogen-bond donors (Lipinski definition) is 1. The molecule has 0 saturated carbocycles. The van der Waals surface area contributed by atoms with Crippen LogP contribution in [0, 0.1) is 0 Å². The first-order valence-electron chi connectivity index (χ1n) is 11.3. The Labute approximate surface area is 209 Å². The molecule has 35 heavy (non-hydrogen) atoms. The molecule has 2 amide bonds. The van der Waals surface area contributed by atoms with E-state index in [0.29, 0.717) is 41.6 Å². The molecule has 1 fully saturated rings. The SMILES string of the molecule is COc1ccccc1NC(=O)COc1ccc(C(=O)N2CCN(Cc3ccsc3)CC2)cc1OC. The largest absolute Gasteiger partial charge is 0.495 e. The van der Waals surface area contributed by atoms with Crippen LogP contribution in [-0.4, -0.2) is 68.6 Å². The van der Waals surface area contributed by atoms with E-state index in [-0.39, 0.29) is 18.4 Å². The van der Waals surface area contributed by atoms with Gasteiger partial charge in [-0.3, -0.25) is 14.5 Å². The van der Waals surface area contributed by atoms with Gasteiger partial charge in [0.25, 0.3) is 11.8 Å². The molecular weight excluding hydrogens is 466 g/mol. The highest BCUT2D eigenvalue weighted by molar-refractivity contribution is 7.07. The van der Waals surface area contributed by atoms with Gasteiger partial charge in [0.1, 0.15) is 5.75 Å². The Hall–Kier alpha value is -3.56. The number of piperazine rings is 1. The van der Waals surface area contributed by atoms with Gasteiger partial charge in [-0.05, 0) is 52.7 Å². The highest BCUT2D eigenvalue weighted by Gasteiger charge is 2.23. The van der Waals surface area contributed by atoms with E-state index in [1.54, 1.807) is 54.8 Å². The molecule has 1 saturated heterocycles. The van der Waals surface area contributed by atoms with Gasteiger partial charge in [0.2, 0.25) is 0 Å². The number of anilines is 1. The molecule has 0 atom stereocenters. The highest BCUT2D eigenvalue weighted by atomic mass is 32.1. The van der Waals surface area contributed by atoms with Gasteiger partial charge in [-0.15, -0.1) is 0 Å². The van der Waals surface area contributed by atoms with Crippen LogP contribution in [0.2, 0.25) is 0 Å². The molecule has 1 aliphatic rings. The lowest BCUT2D eigenvalue weighted by Gasteiger charge is -2.34. The van der Waals surface area contributed by atoms with Gasteiger partial charge >= 0.3 is 0 Å². The molecule has 4 rings (SSSR count). The van der Waals surface area contributed by atoms with Gasteiger partial charge < -0.3 is 24.4 Å². The van der Waals surface area contributed by atoms with Crippen LogP contribution in [0.1, 0.15) is 15.9 Å². The molecule has 0 bridgehead atoms. The van der Waals surface area contributed by atoms with Crippen molar-refractivity contribution in [2.45, 2.75) is 6.54 Å². The summed E-state index contributed by atoms with van der Waals surface area (Å²) < 4.78 is 16.3. The number of para-hydroxylation sites is 2. The summed E-state index contributed by atoms with van der Waals surface area (Å²) in [5.74, 6) is 0.974. The number of nitrogens with zero attached hydrogens (tertiary/aromatic N) is 2. The predicted octanol–water partition coefficient (Wildman–Crippen LogP) is 3.74. The smallest absolute Gasteiger partial charge is 0.262 e. The Morgan fingerprint density at radius 2 is 1.71 bits per heavy atom. The number of benzene rings is 2. The number of methoxy groups -OCH3 is 2. The maximum atomic E-state index is 13.1. The number of nitrogens with one attached hydrogen (secondary N) is 1. The summed E-state index contributed by atoms with van der Waals surface area (Å²) in [7, 11) is 3.05. The van der Waals surface area contributed by atoms with Crippen molar-refractivity contribution >= 4 is 28.8 Å². The van der Waals surface area contributed by atoms with Crippen molar-refractivity contribution in [3.8, 4) is 17.2 Å². The first kappa shape index (κ1) is 24.6. The molecule has 1 aliphatic heterocycles. The van der Waals surface area contributed by atoms with Gasteiger partial charge in [0.15, 0.2) is 18.1 Å². The van der Waals surface area contributed by atoms with E-state index < -0.39 is 0 Å². The summed E-state index contributed by atoms with van der Waals surface area (Å²) in [6.07, 6.45) is 0. The third-order valence-electron chi connectivity index (χ3n) is 5.80. The third-order valence-corrected chi connectivity index (χ3v) is 6.53. The van der Waals surface area contributed by atoms with E-state index in [9.17, 15) is 9.59 Å². The first-order valence-corrected chi connectivity index (χ1v) is 12.3. The summed E-state index contributed by atoms with van der Waals surface area (Å²) in [4.78, 5) is 29.7. The Bertz CT molecular complexity index is 1140. The second kappa shape index (κ2) is 11.7. The summed E-state index contributed by atoms with van der Waals surface area (Å²) >= 11 is 1.70. The predicted molar refractivity (Wildman–Crippen MR) is 136 cm³/mol. The topological polar surface area (TPSA) is 80.3 Å². The molecule has 9 heteroatoms. The van der Waals surface area contributed by atoms with Gasteiger partial charge in [-0.25, -0.2) is 0 Å². The van der Waals surface area contributed by atoms with Crippen molar-refractivity contribution in [2.75, 3.05) is 52.3 Å². The van der Waals surface area contributed by atoms with Crippen LogP contribution < -0.4 is 19.5 Å². The lowest BCUT2D eigenvalue weighted by molar-refractivity contribution is -0.118. The van der Waals surface area contributed by atoms with Crippen LogP contribution >= 0.6 is 11.3 Å². The fourth-order valence-corrected chi connectivity index (χ4v) is 4.59. The van der Waals surface area contributed by atoms with Gasteiger partial charge in [0.05, 0.1) is 19.9 Å². The minimum atomic E-state index is -0.336. The second-order valence-electron chi connectivity index (χ2n) is 8.10. The van der Waals surface area contributed by atoms with E-state index in [1.165, 1.54) is 12.7 Å². The lowest BCUT2D eigenvalue weighted by Crippen LogP contribution is -2.48. The van der Waals surface area contributed by atoms with E-state index in [1.807, 2.05) is 11.0 Å². The maximum absolute atomic E-state index is 13.1. The summed E-state index contributed by atoms with van der Waals surface area (Å²) in [6.45, 7) is 3.71. The van der Waals surface area contributed by atoms with Crippen molar-refractivity contribution in [3.05, 3.63) is 70.4 Å². The molecule has 3 aromatic rings. The van der Waals surface area contributed by atoms with Crippen molar-refractivity contribution < 1.29 is 23.8 Å². The van der Waals surface area contributed by atoms with Crippen molar-refractivity contribution in [1.29, 1.82) is 0 Å². The quantitative estimate of drug-likeness (QED) is 0.487. The lowest BCUT2D eigenvalue weighted by atomic mass is 10.1. The van der Waals surface area contributed by atoms with Crippen LogP contribution in [0.15, 0.2) is 59.3 Å². The Balaban J connectivity index is 1.32. The maximum Gasteiger partial charge on any atom is 0.262 e. The van der Waals surface area contributed by atoms with Gasteiger partial charge in [0, 0.05) is 38.3 Å². The Kier molecular flexibility index (Phi) is 8.23. The summed E-state index contributed by atoms with van der Waals surface area (Å²) in [6, 6.07) is 14.3. The molecule has 0 aliphatic carbocycles. The van der Waals surface area contributed by atoms with Crippen LogP contribution in [0.3, 0.4) is 0 Å². The first-order chi connectivity index (χ1) is 17.1. The van der Waals surface area contributed by atoms with Gasteiger partial charge in [-0.2, -0.15) is 11.3 Å². The number of rotatable bonds is 9. The van der Waals surface area contributed by atoms with Crippen LogP contribution in [0.25, 0.3) is 0 Å². The number of thiophene rings is 1. The number of carbonyl (C=O) groups is 2. The number of carbonyl (C=O) groups excluding carboxylic acids is 2. The number of hydrogen-bond acceptors (Lipinski definition) is 7. The average Bonchev–Trinajstić information content (AvgIpc) is 3.41. The van der Waals surface area contributed by atoms with E-state index in [0.717, 1.165) is 19.6 Å². The normalized spacial score (nSPS) is 13.8. The fraction of sp³-hybridized carbons (Fsp3) is 0.308. The molecule has 2 heterocycles. The molecule has 1 aromatic heterocycles. The van der Waals surface area contributed by atoms with E-state index >= 15 is 0 Å². The molecule has 1 N–H and O–H groups in total. The van der Waals surface area contributed by atoms with Crippen molar-refractivity contribution in [1.82, 2.24) is 9.80 Å². The monoisotopic (exact) mass is 495 g/mol. The number of ether oxygens (including phenoxy) is 3. The molecule has 0 radical (unpaired) electrons. The standard InChI is InChI=1S/C26H29N3O5S/c1-32-22-6-4-3-5-21(22)27-25(30)17-34-23-8-7-20(15-24(23)33-2)26(31)29-12-10-28(11-13-29)16-19-9-14-35-18-19/h3-9,14-15,18H,10-13,16-17H2,1-2H3,(H,27,30). The van der Waals surface area contributed by atoms with Crippen molar-refractivity contribution in [3.63, 3.8) is 0 Å². The average molecular weight is 496 g/mol. The zero-order chi connectivity index (χ0) is 24.6. The Morgan fingerprint density at radius 3 is 2.43 bits per heavy atom. The van der Waals surface area contributed by atoms with Gasteiger partial charge in [-0.1, -0.05) is 12.1 Å². The van der Waals surface area contributed by atoms with Crippen LogP contribution in [0.5, 0.6) is 17.2 Å². The van der Waals surface area contributed by atoms with E-state index in [4.69, 9.17) is 14.2 Å². The molecule has 8 nitrogen and oxygen atoms in total. The summed E-state index contributed by atoms with van der Waals surface area (Å²) in [5, 5.41) is 7.01. The minimum Gasteiger partial charge on any atom is -0.495 e.